The molecule has 0 fully saturated rings. The topological polar surface area (TPSA) is 29.5 Å². The van der Waals surface area contributed by atoms with E-state index >= 15 is 0 Å². The number of benzene rings is 2. The molecule has 0 aliphatic heterocycles. The third-order valence-electron chi connectivity index (χ3n) is 5.13. The van der Waals surface area contributed by atoms with Crippen molar-refractivity contribution in [3.05, 3.63) is 70.0 Å². The molecule has 3 nitrogen and oxygen atoms in total. The number of fused-ring (bicyclic) bond motifs is 1. The molecule has 0 N–H and O–H groups in total. The summed E-state index contributed by atoms with van der Waals surface area (Å²) in [6.07, 6.45) is -4.14. The molecule has 2 atom stereocenters. The third kappa shape index (κ3) is 3.63. The molecule has 0 aromatic heterocycles. The van der Waals surface area contributed by atoms with Crippen LogP contribution in [0.15, 0.2) is 36.4 Å². The van der Waals surface area contributed by atoms with E-state index in [1.807, 2.05) is 4.90 Å². The van der Waals surface area contributed by atoms with Gasteiger partial charge < -0.3 is 9.64 Å². The van der Waals surface area contributed by atoms with Crippen LogP contribution in [0.3, 0.4) is 0 Å². The highest BCUT2D eigenvalue weighted by Crippen LogP contribution is 2.49. The molecule has 1 aliphatic rings. The summed E-state index contributed by atoms with van der Waals surface area (Å²) in [4.78, 5) is 13.9. The van der Waals surface area contributed by atoms with Gasteiger partial charge in [0.05, 0.1) is 17.7 Å². The second kappa shape index (κ2) is 7.54. The number of carbonyl (C=O) groups is 1. The fourth-order valence-corrected chi connectivity index (χ4v) is 3.88. The zero-order valence-electron chi connectivity index (χ0n) is 15.8. The van der Waals surface area contributed by atoms with E-state index in [0.29, 0.717) is 17.5 Å². The minimum atomic E-state index is -4.50. The average Bonchev–Trinajstić information content (AvgIpc) is 2.99. The van der Waals surface area contributed by atoms with Gasteiger partial charge in [-0.05, 0) is 62.3 Å². The van der Waals surface area contributed by atoms with E-state index < -0.39 is 29.4 Å². The quantitative estimate of drug-likeness (QED) is 0.529. The molecule has 0 bridgehead atoms. The maximum absolute atomic E-state index is 14.6. The first kappa shape index (κ1) is 20.3. The Morgan fingerprint density at radius 2 is 1.82 bits per heavy atom. The largest absolute Gasteiger partial charge is 0.462 e. The predicted molar refractivity (Wildman–Crippen MR) is 96.7 cm³/mol. The lowest BCUT2D eigenvalue weighted by molar-refractivity contribution is -0.138. The van der Waals surface area contributed by atoms with Gasteiger partial charge in [-0.1, -0.05) is 18.2 Å². The first-order valence-electron chi connectivity index (χ1n) is 8.98. The molecular formula is C21H21F4NO2. The number of nitrogens with zero attached hydrogens (tertiary/aromatic N) is 1. The van der Waals surface area contributed by atoms with Crippen molar-refractivity contribution in [2.75, 3.05) is 20.7 Å². The Kier molecular flexibility index (Phi) is 5.48. The highest BCUT2D eigenvalue weighted by Gasteiger charge is 2.40. The molecule has 0 heterocycles. The van der Waals surface area contributed by atoms with Crippen LogP contribution in [0.25, 0.3) is 0 Å². The predicted octanol–water partition coefficient (Wildman–Crippen LogP) is 5.16. The molecule has 0 spiro atoms. The number of esters is 1. The Morgan fingerprint density at radius 1 is 1.14 bits per heavy atom. The summed E-state index contributed by atoms with van der Waals surface area (Å²) in [5.74, 6) is -2.15. The Hall–Kier alpha value is -2.41. The van der Waals surface area contributed by atoms with E-state index in [0.717, 1.165) is 6.07 Å². The molecule has 0 saturated heterocycles. The Bertz CT molecular complexity index is 892. The highest BCUT2D eigenvalue weighted by molar-refractivity contribution is 5.90. The zero-order chi connectivity index (χ0) is 20.6. The molecule has 150 valence electrons. The van der Waals surface area contributed by atoms with Crippen LogP contribution in [0.1, 0.15) is 57.9 Å². The lowest BCUT2D eigenvalue weighted by Crippen LogP contribution is -2.18. The summed E-state index contributed by atoms with van der Waals surface area (Å²) in [5.41, 5.74) is 0.279. The molecule has 1 aliphatic carbocycles. The molecule has 0 saturated carbocycles. The second-order valence-corrected chi connectivity index (χ2v) is 7.03. The van der Waals surface area contributed by atoms with E-state index in [9.17, 15) is 22.4 Å². The summed E-state index contributed by atoms with van der Waals surface area (Å²) in [6.45, 7) is 1.68. The third-order valence-corrected chi connectivity index (χ3v) is 5.13. The summed E-state index contributed by atoms with van der Waals surface area (Å²) in [6, 6.07) is 7.75. The van der Waals surface area contributed by atoms with Crippen molar-refractivity contribution >= 4 is 5.97 Å². The minimum absolute atomic E-state index is 0.0794. The van der Waals surface area contributed by atoms with E-state index in [1.54, 1.807) is 27.1 Å². The Labute approximate surface area is 160 Å². The molecule has 28 heavy (non-hydrogen) atoms. The monoisotopic (exact) mass is 395 g/mol. The number of hydrogen-bond acceptors (Lipinski definition) is 3. The Morgan fingerprint density at radius 3 is 2.43 bits per heavy atom. The normalized spacial score (nSPS) is 19.0. The van der Waals surface area contributed by atoms with E-state index in [1.165, 1.54) is 24.3 Å². The van der Waals surface area contributed by atoms with Gasteiger partial charge in [0.2, 0.25) is 0 Å². The number of carbonyl (C=O) groups excluding carboxylic acids is 1. The van der Waals surface area contributed by atoms with Gasteiger partial charge in [-0.15, -0.1) is 0 Å². The molecular weight excluding hydrogens is 374 g/mol. The van der Waals surface area contributed by atoms with E-state index in [4.69, 9.17) is 4.74 Å². The second-order valence-electron chi connectivity index (χ2n) is 7.03. The summed E-state index contributed by atoms with van der Waals surface area (Å²) < 4.78 is 60.1. The first-order valence-corrected chi connectivity index (χ1v) is 8.98. The summed E-state index contributed by atoms with van der Waals surface area (Å²) in [7, 11) is 3.59. The maximum Gasteiger partial charge on any atom is 0.416 e. The van der Waals surface area contributed by atoms with Crippen LogP contribution in [-0.2, 0) is 10.9 Å². The molecule has 0 radical (unpaired) electrons. The molecule has 2 aromatic carbocycles. The van der Waals surface area contributed by atoms with Crippen molar-refractivity contribution < 1.29 is 27.1 Å². The zero-order valence-corrected chi connectivity index (χ0v) is 15.8. The van der Waals surface area contributed by atoms with Gasteiger partial charge in [-0.2, -0.15) is 13.2 Å². The van der Waals surface area contributed by atoms with Crippen molar-refractivity contribution in [2.45, 2.75) is 31.5 Å². The van der Waals surface area contributed by atoms with Crippen LogP contribution in [0, 0.1) is 5.82 Å². The van der Waals surface area contributed by atoms with Gasteiger partial charge in [0, 0.05) is 12.0 Å². The van der Waals surface area contributed by atoms with Gasteiger partial charge in [0.15, 0.2) is 0 Å². The highest BCUT2D eigenvalue weighted by atomic mass is 19.4. The number of halogens is 4. The number of rotatable bonds is 4. The van der Waals surface area contributed by atoms with Crippen molar-refractivity contribution in [1.82, 2.24) is 4.90 Å². The average molecular weight is 395 g/mol. The number of alkyl halides is 3. The maximum atomic E-state index is 14.6. The molecule has 7 heteroatoms. The van der Waals surface area contributed by atoms with Crippen molar-refractivity contribution in [2.24, 2.45) is 0 Å². The molecule has 2 aromatic rings. The van der Waals surface area contributed by atoms with Gasteiger partial charge in [-0.3, -0.25) is 0 Å². The lowest BCUT2D eigenvalue weighted by Gasteiger charge is -2.21. The summed E-state index contributed by atoms with van der Waals surface area (Å²) >= 11 is 0. The molecule has 1 unspecified atom stereocenters. The van der Waals surface area contributed by atoms with Crippen molar-refractivity contribution in [3.63, 3.8) is 0 Å². The van der Waals surface area contributed by atoms with E-state index in [2.05, 4.69) is 0 Å². The molecule has 0 amide bonds. The Balaban J connectivity index is 2.18. The van der Waals surface area contributed by atoms with Crippen molar-refractivity contribution in [1.29, 1.82) is 0 Å². The van der Waals surface area contributed by atoms with Gasteiger partial charge in [0.1, 0.15) is 5.82 Å². The van der Waals surface area contributed by atoms with Crippen LogP contribution in [0.4, 0.5) is 17.6 Å². The van der Waals surface area contributed by atoms with Crippen LogP contribution in [0.2, 0.25) is 0 Å². The summed E-state index contributed by atoms with van der Waals surface area (Å²) in [5, 5.41) is 0. The fourth-order valence-electron chi connectivity index (χ4n) is 3.88. The van der Waals surface area contributed by atoms with Crippen LogP contribution < -0.4 is 0 Å². The van der Waals surface area contributed by atoms with Gasteiger partial charge in [0.25, 0.3) is 0 Å². The standard InChI is InChI=1S/C21H21F4NO2/c1-4-28-20(27)16-9-13-14(11-19(26(2)3)15(13)10-18(16)22)12-7-5-6-8-17(12)21(23,24)25/h5-10,14,19H,4,11H2,1-3H3/t14?,19-/m1/s1. The van der Waals surface area contributed by atoms with Crippen LogP contribution in [-0.4, -0.2) is 31.6 Å². The SMILES string of the molecule is CCOC(=O)c1cc2c(cc1F)[C@H](N(C)C)CC2c1ccccc1C(F)(F)F. The van der Waals surface area contributed by atoms with Crippen molar-refractivity contribution in [3.8, 4) is 0 Å². The lowest BCUT2D eigenvalue weighted by atomic mass is 9.88. The van der Waals surface area contributed by atoms with Gasteiger partial charge in [-0.25, -0.2) is 9.18 Å². The smallest absolute Gasteiger partial charge is 0.416 e. The molecule has 3 rings (SSSR count). The minimum Gasteiger partial charge on any atom is -0.462 e. The fraction of sp³-hybridized carbons (Fsp3) is 0.381. The number of hydrogen-bond donors (Lipinski definition) is 0. The van der Waals surface area contributed by atoms with E-state index in [-0.39, 0.29) is 23.8 Å². The van der Waals surface area contributed by atoms with Crippen LogP contribution >= 0.6 is 0 Å². The van der Waals surface area contributed by atoms with Gasteiger partial charge >= 0.3 is 12.1 Å². The van der Waals surface area contributed by atoms with Crippen LogP contribution in [0.5, 0.6) is 0 Å². The number of ether oxygens (including phenoxy) is 1. The first-order chi connectivity index (χ1) is 13.1.